The second-order valence-corrected chi connectivity index (χ2v) is 9.18. The second-order valence-electron chi connectivity index (χ2n) is 9.18. The van der Waals surface area contributed by atoms with Crippen LogP contribution in [0.25, 0.3) is 0 Å². The molecular formula is C21H42. The summed E-state index contributed by atoms with van der Waals surface area (Å²) in [6.07, 6.45) is 11.9. The zero-order valence-electron chi connectivity index (χ0n) is 16.0. The van der Waals surface area contributed by atoms with Gasteiger partial charge >= 0.3 is 0 Å². The SMILES string of the molecule is CC(C)C1(C)CC1.CC(C)C1CC1.CC(C)C1CCCC1. The van der Waals surface area contributed by atoms with Gasteiger partial charge in [0.05, 0.1) is 0 Å². The zero-order valence-corrected chi connectivity index (χ0v) is 16.0. The molecular weight excluding hydrogens is 252 g/mol. The maximum Gasteiger partial charge on any atom is -0.0302 e. The topological polar surface area (TPSA) is 0 Å². The third-order valence-electron chi connectivity index (χ3n) is 6.34. The van der Waals surface area contributed by atoms with Crippen LogP contribution in [0.4, 0.5) is 0 Å². The molecule has 0 heteroatoms. The summed E-state index contributed by atoms with van der Waals surface area (Å²) in [5, 5.41) is 0. The highest BCUT2D eigenvalue weighted by molar-refractivity contribution is 4.90. The predicted octanol–water partition coefficient (Wildman–Crippen LogP) is 7.33. The van der Waals surface area contributed by atoms with Gasteiger partial charge in [0.25, 0.3) is 0 Å². The first-order valence-electron chi connectivity index (χ1n) is 9.76. The van der Waals surface area contributed by atoms with E-state index in [-0.39, 0.29) is 0 Å². The summed E-state index contributed by atoms with van der Waals surface area (Å²) in [6.45, 7) is 16.3. The Hall–Kier alpha value is 0. The van der Waals surface area contributed by atoms with Gasteiger partial charge in [-0.2, -0.15) is 0 Å². The maximum atomic E-state index is 2.37. The van der Waals surface area contributed by atoms with E-state index in [4.69, 9.17) is 0 Å². The van der Waals surface area contributed by atoms with Gasteiger partial charge in [-0.25, -0.2) is 0 Å². The first-order valence-corrected chi connectivity index (χ1v) is 9.76. The predicted molar refractivity (Wildman–Crippen MR) is 96.5 cm³/mol. The van der Waals surface area contributed by atoms with Gasteiger partial charge in [0, 0.05) is 0 Å². The lowest BCUT2D eigenvalue weighted by Crippen LogP contribution is -2.01. The van der Waals surface area contributed by atoms with Crippen LogP contribution < -0.4 is 0 Å². The van der Waals surface area contributed by atoms with Crippen LogP contribution in [0.5, 0.6) is 0 Å². The maximum absolute atomic E-state index is 2.37. The molecule has 0 aromatic heterocycles. The smallest absolute Gasteiger partial charge is 0.0302 e. The van der Waals surface area contributed by atoms with Crippen molar-refractivity contribution in [2.24, 2.45) is 35.0 Å². The average molecular weight is 295 g/mol. The highest BCUT2D eigenvalue weighted by Crippen LogP contribution is 2.50. The first-order chi connectivity index (χ1) is 9.76. The van der Waals surface area contributed by atoms with Crippen molar-refractivity contribution in [2.75, 3.05) is 0 Å². The van der Waals surface area contributed by atoms with Crippen molar-refractivity contribution in [2.45, 2.75) is 99.8 Å². The third kappa shape index (κ3) is 7.71. The van der Waals surface area contributed by atoms with Gasteiger partial charge < -0.3 is 0 Å². The Labute approximate surface area is 135 Å². The van der Waals surface area contributed by atoms with Crippen LogP contribution in [0.1, 0.15) is 99.8 Å². The highest BCUT2D eigenvalue weighted by atomic mass is 14.4. The molecule has 0 heterocycles. The van der Waals surface area contributed by atoms with E-state index in [9.17, 15) is 0 Å². The van der Waals surface area contributed by atoms with E-state index in [0.29, 0.717) is 0 Å². The van der Waals surface area contributed by atoms with Crippen molar-refractivity contribution >= 4 is 0 Å². The fraction of sp³-hybridized carbons (Fsp3) is 1.00. The standard InChI is InChI=1S/C8H16.C7H14.C6H12/c1-7(2)8-5-3-4-6-8;1-6(2)7(3)4-5-7;1-5(2)6-3-4-6/h7-8H,3-6H2,1-2H3;6H,4-5H2,1-3H3;5-6H,3-4H2,1-2H3. The minimum Gasteiger partial charge on any atom is -0.0625 e. The summed E-state index contributed by atoms with van der Waals surface area (Å²) in [5.41, 5.74) is 0.750. The summed E-state index contributed by atoms with van der Waals surface area (Å²) >= 11 is 0. The molecule has 3 fully saturated rings. The molecule has 126 valence electrons. The molecule has 0 atom stereocenters. The second kappa shape index (κ2) is 8.59. The van der Waals surface area contributed by atoms with Gasteiger partial charge in [0.1, 0.15) is 0 Å². The summed E-state index contributed by atoms with van der Waals surface area (Å²) in [6, 6.07) is 0. The largest absolute Gasteiger partial charge is 0.0625 e. The van der Waals surface area contributed by atoms with Crippen molar-refractivity contribution in [1.29, 1.82) is 0 Å². The molecule has 3 aliphatic carbocycles. The third-order valence-corrected chi connectivity index (χ3v) is 6.34. The Balaban J connectivity index is 0.000000159. The molecule has 0 spiro atoms. The Kier molecular flexibility index (Phi) is 7.79. The van der Waals surface area contributed by atoms with Crippen molar-refractivity contribution in [3.63, 3.8) is 0 Å². The number of hydrogen-bond donors (Lipinski definition) is 0. The summed E-state index contributed by atoms with van der Waals surface area (Å²) < 4.78 is 0. The summed E-state index contributed by atoms with van der Waals surface area (Å²) in [7, 11) is 0. The molecule has 0 unspecified atom stereocenters. The Bertz CT molecular complexity index is 260. The van der Waals surface area contributed by atoms with E-state index < -0.39 is 0 Å². The molecule has 0 radical (unpaired) electrons. The van der Waals surface area contributed by atoms with Crippen molar-refractivity contribution in [3.8, 4) is 0 Å². The minimum absolute atomic E-state index is 0.750. The van der Waals surface area contributed by atoms with Gasteiger partial charge in [-0.3, -0.25) is 0 Å². The molecule has 0 bridgehead atoms. The van der Waals surface area contributed by atoms with Crippen molar-refractivity contribution < 1.29 is 0 Å². The van der Waals surface area contributed by atoms with Gasteiger partial charge in [-0.05, 0) is 60.7 Å². The lowest BCUT2D eigenvalue weighted by molar-refractivity contribution is 0.396. The summed E-state index contributed by atoms with van der Waals surface area (Å²) in [5.74, 6) is 4.98. The summed E-state index contributed by atoms with van der Waals surface area (Å²) in [4.78, 5) is 0. The molecule has 0 saturated heterocycles. The van der Waals surface area contributed by atoms with Crippen LogP contribution in [0.3, 0.4) is 0 Å². The van der Waals surface area contributed by atoms with E-state index in [0.717, 1.165) is 35.0 Å². The normalized spacial score (nSPS) is 23.7. The minimum atomic E-state index is 0.750. The Morgan fingerprint density at radius 3 is 1.14 bits per heavy atom. The fourth-order valence-corrected chi connectivity index (χ4v) is 3.16. The van der Waals surface area contributed by atoms with Gasteiger partial charge in [0.2, 0.25) is 0 Å². The number of rotatable bonds is 3. The Morgan fingerprint density at radius 1 is 0.667 bits per heavy atom. The quantitative estimate of drug-likeness (QED) is 0.511. The van der Waals surface area contributed by atoms with E-state index in [1.54, 1.807) is 0 Å². The zero-order chi connectivity index (χ0) is 16.0. The molecule has 0 nitrogen and oxygen atoms in total. The first kappa shape index (κ1) is 19.0. The van der Waals surface area contributed by atoms with E-state index in [2.05, 4.69) is 48.5 Å². The fourth-order valence-electron chi connectivity index (χ4n) is 3.16. The molecule has 0 aromatic carbocycles. The van der Waals surface area contributed by atoms with Gasteiger partial charge in [-0.15, -0.1) is 0 Å². The van der Waals surface area contributed by atoms with E-state index >= 15 is 0 Å². The van der Waals surface area contributed by atoms with E-state index in [1.165, 1.54) is 51.4 Å². The molecule has 0 aliphatic heterocycles. The highest BCUT2D eigenvalue weighted by Gasteiger charge is 2.39. The Morgan fingerprint density at radius 2 is 1.05 bits per heavy atom. The van der Waals surface area contributed by atoms with Crippen LogP contribution in [-0.2, 0) is 0 Å². The van der Waals surface area contributed by atoms with Crippen LogP contribution in [0.2, 0.25) is 0 Å². The van der Waals surface area contributed by atoms with Crippen LogP contribution in [0, 0.1) is 35.0 Å². The molecule has 0 amide bonds. The molecule has 3 aliphatic rings. The lowest BCUT2D eigenvalue weighted by Gasteiger charge is -2.11. The monoisotopic (exact) mass is 294 g/mol. The van der Waals surface area contributed by atoms with Crippen molar-refractivity contribution in [3.05, 3.63) is 0 Å². The van der Waals surface area contributed by atoms with Crippen molar-refractivity contribution in [1.82, 2.24) is 0 Å². The molecule has 0 aromatic rings. The van der Waals surface area contributed by atoms with Crippen LogP contribution in [-0.4, -0.2) is 0 Å². The lowest BCUT2D eigenvalue weighted by atomic mass is 9.95. The molecule has 21 heavy (non-hydrogen) atoms. The van der Waals surface area contributed by atoms with E-state index in [1.807, 2.05) is 0 Å². The van der Waals surface area contributed by atoms with Gasteiger partial charge in [-0.1, -0.05) is 74.1 Å². The van der Waals surface area contributed by atoms with Gasteiger partial charge in [0.15, 0.2) is 0 Å². The molecule has 3 rings (SSSR count). The number of hydrogen-bond acceptors (Lipinski definition) is 0. The molecule has 0 N–H and O–H groups in total. The molecule has 3 saturated carbocycles. The van der Waals surface area contributed by atoms with Crippen LogP contribution in [0.15, 0.2) is 0 Å². The van der Waals surface area contributed by atoms with Crippen LogP contribution >= 0.6 is 0 Å². The average Bonchev–Trinajstić information content (AvgIpc) is 3.32.